The molecule has 0 aliphatic carbocycles. The van der Waals surface area contributed by atoms with Gasteiger partial charge in [0, 0.05) is 0 Å². The summed E-state index contributed by atoms with van der Waals surface area (Å²) in [6.07, 6.45) is 0.634. The molecule has 0 radical (unpaired) electrons. The van der Waals surface area contributed by atoms with Crippen LogP contribution < -0.4 is 9.46 Å². The monoisotopic (exact) mass is 357 g/mol. The highest BCUT2D eigenvalue weighted by Crippen LogP contribution is 2.19. The summed E-state index contributed by atoms with van der Waals surface area (Å²) in [5, 5.41) is 0. The Morgan fingerprint density at radius 1 is 1.21 bits per heavy atom. The van der Waals surface area contributed by atoms with E-state index in [1.807, 2.05) is 13.8 Å². The van der Waals surface area contributed by atoms with Crippen LogP contribution in [-0.4, -0.2) is 33.1 Å². The van der Waals surface area contributed by atoms with Gasteiger partial charge in [0.15, 0.2) is 0 Å². The molecular weight excluding hydrogens is 330 g/mol. The summed E-state index contributed by atoms with van der Waals surface area (Å²) < 4.78 is 38.0. The third-order valence-electron chi connectivity index (χ3n) is 3.53. The lowest BCUT2D eigenvalue weighted by Gasteiger charge is -2.27. The van der Waals surface area contributed by atoms with Gasteiger partial charge < -0.3 is 9.47 Å². The van der Waals surface area contributed by atoms with Crippen LogP contribution in [0.15, 0.2) is 29.2 Å². The molecular formula is C17H27NO5S. The van der Waals surface area contributed by atoms with Crippen LogP contribution in [0.2, 0.25) is 0 Å². The Hall–Kier alpha value is -1.60. The maximum atomic E-state index is 12.6. The fraction of sp³-hybridized carbons (Fsp3) is 0.588. The number of esters is 1. The summed E-state index contributed by atoms with van der Waals surface area (Å²) in [4.78, 5) is 12.5. The highest BCUT2D eigenvalue weighted by atomic mass is 32.2. The first-order valence-electron chi connectivity index (χ1n) is 7.89. The van der Waals surface area contributed by atoms with Crippen molar-refractivity contribution >= 4 is 16.0 Å². The Labute approximate surface area is 144 Å². The van der Waals surface area contributed by atoms with Crippen molar-refractivity contribution in [1.82, 2.24) is 4.72 Å². The molecule has 0 aliphatic rings. The van der Waals surface area contributed by atoms with Crippen molar-refractivity contribution in [2.24, 2.45) is 5.92 Å². The predicted octanol–water partition coefficient (Wildman–Crippen LogP) is 2.73. The third kappa shape index (κ3) is 5.79. The first kappa shape index (κ1) is 20.4. The van der Waals surface area contributed by atoms with Crippen molar-refractivity contribution in [3.05, 3.63) is 24.3 Å². The van der Waals surface area contributed by atoms with E-state index in [4.69, 9.17) is 9.47 Å². The number of sulfonamides is 1. The Kier molecular flexibility index (Phi) is 6.80. The van der Waals surface area contributed by atoms with Crippen molar-refractivity contribution in [2.75, 3.05) is 7.11 Å². The van der Waals surface area contributed by atoms with Crippen LogP contribution in [0.3, 0.4) is 0 Å². The number of carbonyl (C=O) groups is 1. The van der Waals surface area contributed by atoms with Crippen molar-refractivity contribution in [1.29, 1.82) is 0 Å². The summed E-state index contributed by atoms with van der Waals surface area (Å²) in [6, 6.07) is 5.04. The van der Waals surface area contributed by atoms with Gasteiger partial charge in [0.05, 0.1) is 12.0 Å². The molecule has 1 unspecified atom stereocenters. The van der Waals surface area contributed by atoms with Crippen molar-refractivity contribution in [2.45, 2.75) is 57.6 Å². The van der Waals surface area contributed by atoms with Crippen molar-refractivity contribution in [3.63, 3.8) is 0 Å². The number of benzene rings is 1. The Morgan fingerprint density at radius 2 is 1.75 bits per heavy atom. The maximum Gasteiger partial charge on any atom is 0.324 e. The molecule has 1 aromatic carbocycles. The van der Waals surface area contributed by atoms with E-state index >= 15 is 0 Å². The van der Waals surface area contributed by atoms with Gasteiger partial charge in [0.1, 0.15) is 17.4 Å². The highest BCUT2D eigenvalue weighted by Gasteiger charge is 2.33. The van der Waals surface area contributed by atoms with Gasteiger partial charge in [-0.2, -0.15) is 4.72 Å². The van der Waals surface area contributed by atoms with E-state index in [0.29, 0.717) is 12.2 Å². The molecule has 0 amide bonds. The molecule has 136 valence electrons. The lowest BCUT2D eigenvalue weighted by molar-refractivity contribution is -0.158. The average Bonchev–Trinajstić information content (AvgIpc) is 2.50. The van der Waals surface area contributed by atoms with E-state index in [9.17, 15) is 13.2 Å². The van der Waals surface area contributed by atoms with Crippen molar-refractivity contribution in [3.8, 4) is 5.75 Å². The number of ether oxygens (including phenoxy) is 2. The molecule has 0 bridgehead atoms. The first-order valence-corrected chi connectivity index (χ1v) is 9.37. The second kappa shape index (κ2) is 7.98. The molecule has 2 atom stereocenters. The average molecular weight is 357 g/mol. The topological polar surface area (TPSA) is 81.7 Å². The number of hydrogen-bond donors (Lipinski definition) is 1. The zero-order valence-corrected chi connectivity index (χ0v) is 15.9. The minimum absolute atomic E-state index is 0.0696. The lowest BCUT2D eigenvalue weighted by atomic mass is 10.00. The fourth-order valence-corrected chi connectivity index (χ4v) is 3.28. The quantitative estimate of drug-likeness (QED) is 0.759. The molecule has 7 heteroatoms. The van der Waals surface area contributed by atoms with E-state index in [1.165, 1.54) is 19.2 Å². The summed E-state index contributed by atoms with van der Waals surface area (Å²) in [6.45, 7) is 8.94. The zero-order valence-electron chi connectivity index (χ0n) is 15.1. The molecule has 0 aliphatic heterocycles. The van der Waals surface area contributed by atoms with E-state index < -0.39 is 27.6 Å². The van der Waals surface area contributed by atoms with E-state index in [1.54, 1.807) is 32.9 Å². The Balaban J connectivity index is 3.05. The van der Waals surface area contributed by atoms with Gasteiger partial charge >= 0.3 is 5.97 Å². The molecule has 0 saturated heterocycles. The third-order valence-corrected chi connectivity index (χ3v) is 4.98. The summed E-state index contributed by atoms with van der Waals surface area (Å²) >= 11 is 0. The van der Waals surface area contributed by atoms with E-state index in [0.717, 1.165) is 0 Å². The zero-order chi connectivity index (χ0) is 18.5. The number of hydrogen-bond acceptors (Lipinski definition) is 5. The molecule has 0 aromatic heterocycles. The Bertz CT molecular complexity index is 647. The molecule has 24 heavy (non-hydrogen) atoms. The van der Waals surface area contributed by atoms with Crippen LogP contribution >= 0.6 is 0 Å². The van der Waals surface area contributed by atoms with Gasteiger partial charge in [0.25, 0.3) is 0 Å². The SMILES string of the molecule is CCC(C)[C@@H](NS(=O)(=O)c1ccc(OC)cc1)C(=O)OC(C)(C)C. The molecule has 1 rings (SSSR count). The number of nitrogens with one attached hydrogen (secondary N) is 1. The summed E-state index contributed by atoms with van der Waals surface area (Å²) in [5.74, 6) is -0.221. The molecule has 0 saturated carbocycles. The second-order valence-corrected chi connectivity index (χ2v) is 8.41. The molecule has 0 spiro atoms. The van der Waals surface area contributed by atoms with Gasteiger partial charge in [-0.3, -0.25) is 4.79 Å². The van der Waals surface area contributed by atoms with Crippen LogP contribution in [0.25, 0.3) is 0 Å². The Morgan fingerprint density at radius 3 is 2.17 bits per heavy atom. The van der Waals surface area contributed by atoms with Crippen LogP contribution in [-0.2, 0) is 19.6 Å². The van der Waals surface area contributed by atoms with Crippen LogP contribution in [0.4, 0.5) is 0 Å². The molecule has 6 nitrogen and oxygen atoms in total. The number of carbonyl (C=O) groups excluding carboxylic acids is 1. The maximum absolute atomic E-state index is 12.6. The van der Waals surface area contributed by atoms with Gasteiger partial charge in [0.2, 0.25) is 10.0 Å². The number of methoxy groups -OCH3 is 1. The van der Waals surface area contributed by atoms with Gasteiger partial charge in [-0.05, 0) is 51.0 Å². The summed E-state index contributed by atoms with van der Waals surface area (Å²) in [7, 11) is -2.34. The largest absolute Gasteiger partial charge is 0.497 e. The minimum Gasteiger partial charge on any atom is -0.497 e. The molecule has 0 fully saturated rings. The lowest BCUT2D eigenvalue weighted by Crippen LogP contribution is -2.47. The van der Waals surface area contributed by atoms with Crippen molar-refractivity contribution < 1.29 is 22.7 Å². The summed E-state index contributed by atoms with van der Waals surface area (Å²) in [5.41, 5.74) is -0.686. The fourth-order valence-electron chi connectivity index (χ4n) is 1.99. The standard InChI is InChI=1S/C17H27NO5S/c1-7-12(2)15(16(19)23-17(3,4)5)18-24(20,21)14-10-8-13(22-6)9-11-14/h8-12,15,18H,7H2,1-6H3/t12?,15-/m1/s1. The molecule has 0 heterocycles. The van der Waals surface area contributed by atoms with Crippen LogP contribution in [0, 0.1) is 5.92 Å². The number of rotatable bonds is 7. The second-order valence-electron chi connectivity index (χ2n) is 6.69. The molecule has 1 N–H and O–H groups in total. The van der Waals surface area contributed by atoms with Gasteiger partial charge in [-0.15, -0.1) is 0 Å². The minimum atomic E-state index is -3.85. The van der Waals surface area contributed by atoms with E-state index in [2.05, 4.69) is 4.72 Å². The smallest absolute Gasteiger partial charge is 0.324 e. The highest BCUT2D eigenvalue weighted by molar-refractivity contribution is 7.89. The van der Waals surface area contributed by atoms with Gasteiger partial charge in [-0.1, -0.05) is 20.3 Å². The van der Waals surface area contributed by atoms with Gasteiger partial charge in [-0.25, -0.2) is 8.42 Å². The van der Waals surface area contributed by atoms with E-state index in [-0.39, 0.29) is 10.8 Å². The predicted molar refractivity (Wildman–Crippen MR) is 92.4 cm³/mol. The molecule has 1 aromatic rings. The van der Waals surface area contributed by atoms with Crippen LogP contribution in [0.1, 0.15) is 41.0 Å². The first-order chi connectivity index (χ1) is 11.0. The van der Waals surface area contributed by atoms with Crippen LogP contribution in [0.5, 0.6) is 5.75 Å². The normalized spacial score (nSPS) is 14.8.